The predicted molar refractivity (Wildman–Crippen MR) is 97.5 cm³/mol. The molecule has 2 N–H and O–H groups in total. The maximum absolute atomic E-state index is 13.4. The maximum Gasteiger partial charge on any atom is 0.409 e. The zero-order valence-electron chi connectivity index (χ0n) is 16.8. The van der Waals surface area contributed by atoms with Crippen molar-refractivity contribution >= 4 is 23.6 Å². The molecular weight excluding hydrogens is 460 g/mol. The van der Waals surface area contributed by atoms with Gasteiger partial charge >= 0.3 is 12.4 Å². The van der Waals surface area contributed by atoms with Gasteiger partial charge in [-0.25, -0.2) is 0 Å². The van der Waals surface area contributed by atoms with Crippen molar-refractivity contribution in [3.05, 3.63) is 34.9 Å². The molecule has 13 heteroatoms. The SMILES string of the molecule is O=C1CCC(N2Cc3cc(C(=O)N[C@@H](C(F)(F)F)C4(C(F)(F)F)CC4)ccc3C2=O)C(=O)N1. The van der Waals surface area contributed by atoms with Crippen LogP contribution in [0.25, 0.3) is 0 Å². The number of amides is 4. The van der Waals surface area contributed by atoms with Gasteiger partial charge in [-0.3, -0.25) is 24.5 Å². The fraction of sp³-hybridized carbons (Fsp3) is 0.500. The third kappa shape index (κ3) is 3.93. The van der Waals surface area contributed by atoms with Gasteiger partial charge in [0.1, 0.15) is 12.1 Å². The number of fused-ring (bicyclic) bond motifs is 1. The summed E-state index contributed by atoms with van der Waals surface area (Å²) >= 11 is 0. The summed E-state index contributed by atoms with van der Waals surface area (Å²) in [6.45, 7) is -0.142. The second-order valence-electron chi connectivity index (χ2n) is 8.37. The van der Waals surface area contributed by atoms with Crippen molar-refractivity contribution in [2.24, 2.45) is 5.41 Å². The average Bonchev–Trinajstić information content (AvgIpc) is 3.45. The Balaban J connectivity index is 1.54. The molecule has 7 nitrogen and oxygen atoms in total. The Morgan fingerprint density at radius 2 is 1.79 bits per heavy atom. The molecule has 0 bridgehead atoms. The lowest BCUT2D eigenvalue weighted by Crippen LogP contribution is -2.55. The third-order valence-corrected chi connectivity index (χ3v) is 6.29. The number of halogens is 6. The average molecular weight is 477 g/mol. The number of piperidine rings is 1. The van der Waals surface area contributed by atoms with E-state index in [1.807, 2.05) is 0 Å². The zero-order valence-corrected chi connectivity index (χ0v) is 16.8. The molecule has 1 unspecified atom stereocenters. The van der Waals surface area contributed by atoms with Gasteiger partial charge in [0.25, 0.3) is 11.8 Å². The van der Waals surface area contributed by atoms with Crippen LogP contribution in [-0.4, -0.2) is 53.0 Å². The quantitative estimate of drug-likeness (QED) is 0.515. The fourth-order valence-corrected chi connectivity index (χ4v) is 4.33. The van der Waals surface area contributed by atoms with E-state index in [4.69, 9.17) is 0 Å². The van der Waals surface area contributed by atoms with Gasteiger partial charge in [-0.15, -0.1) is 0 Å². The van der Waals surface area contributed by atoms with Crippen LogP contribution < -0.4 is 10.6 Å². The molecule has 3 aliphatic rings. The van der Waals surface area contributed by atoms with Crippen LogP contribution >= 0.6 is 0 Å². The van der Waals surface area contributed by atoms with Gasteiger partial charge in [0.15, 0.2) is 0 Å². The van der Waals surface area contributed by atoms with Crippen molar-refractivity contribution in [3.8, 4) is 0 Å². The van der Waals surface area contributed by atoms with E-state index in [0.29, 0.717) is 0 Å². The van der Waals surface area contributed by atoms with Crippen LogP contribution in [-0.2, 0) is 16.1 Å². The maximum atomic E-state index is 13.4. The Morgan fingerprint density at radius 3 is 2.33 bits per heavy atom. The van der Waals surface area contributed by atoms with Gasteiger partial charge in [0.05, 0.1) is 5.41 Å². The van der Waals surface area contributed by atoms with Gasteiger partial charge in [0, 0.05) is 24.1 Å². The molecule has 4 amide bonds. The highest BCUT2D eigenvalue weighted by molar-refractivity contribution is 6.06. The summed E-state index contributed by atoms with van der Waals surface area (Å²) in [7, 11) is 0. The van der Waals surface area contributed by atoms with Crippen molar-refractivity contribution in [2.45, 2.75) is 56.7 Å². The van der Waals surface area contributed by atoms with Gasteiger partial charge in [-0.2, -0.15) is 26.3 Å². The molecule has 33 heavy (non-hydrogen) atoms. The number of carbonyl (C=O) groups excluding carboxylic acids is 4. The van der Waals surface area contributed by atoms with Crippen LogP contribution in [0.1, 0.15) is 52.0 Å². The van der Waals surface area contributed by atoms with Crippen molar-refractivity contribution < 1.29 is 45.5 Å². The highest BCUT2D eigenvalue weighted by Gasteiger charge is 2.73. The lowest BCUT2D eigenvalue weighted by atomic mass is 9.94. The number of benzene rings is 1. The first-order valence-electron chi connectivity index (χ1n) is 9.96. The van der Waals surface area contributed by atoms with E-state index in [1.165, 1.54) is 16.3 Å². The molecule has 2 aliphatic heterocycles. The minimum absolute atomic E-state index is 0.0178. The number of rotatable bonds is 4. The first-order chi connectivity index (χ1) is 15.2. The van der Waals surface area contributed by atoms with E-state index >= 15 is 0 Å². The van der Waals surface area contributed by atoms with E-state index in [1.54, 1.807) is 0 Å². The monoisotopic (exact) mass is 477 g/mol. The zero-order chi connectivity index (χ0) is 24.3. The summed E-state index contributed by atoms with van der Waals surface area (Å²) in [5.41, 5.74) is -3.06. The van der Waals surface area contributed by atoms with Crippen molar-refractivity contribution in [3.63, 3.8) is 0 Å². The molecule has 1 aromatic carbocycles. The standard InChI is InChI=1S/C20H17F6N3O4/c21-19(22,23)17(18(5-6-18)20(24,25)26)28-14(31)9-1-2-11-10(7-9)8-29(16(11)33)12-3-4-13(30)27-15(12)32/h1-2,7,12,17H,3-6,8H2,(H,28,31)(H,27,30,32)/t12?,17-/m1/s1. The molecular formula is C20H17F6N3O4. The smallest absolute Gasteiger partial charge is 0.340 e. The molecule has 1 aliphatic carbocycles. The topological polar surface area (TPSA) is 95.6 Å². The Kier molecular flexibility index (Phi) is 5.21. The van der Waals surface area contributed by atoms with Gasteiger partial charge < -0.3 is 10.2 Å². The number of imide groups is 1. The van der Waals surface area contributed by atoms with Crippen LogP contribution in [0.2, 0.25) is 0 Å². The summed E-state index contributed by atoms with van der Waals surface area (Å²) in [4.78, 5) is 49.7. The lowest BCUT2D eigenvalue weighted by molar-refractivity contribution is -0.245. The fourth-order valence-electron chi connectivity index (χ4n) is 4.33. The summed E-state index contributed by atoms with van der Waals surface area (Å²) in [6, 6.07) is -0.698. The summed E-state index contributed by atoms with van der Waals surface area (Å²) < 4.78 is 80.1. The first kappa shape index (κ1) is 23.1. The van der Waals surface area contributed by atoms with Crippen LogP contribution in [0.5, 0.6) is 0 Å². The Bertz CT molecular complexity index is 1050. The third-order valence-electron chi connectivity index (χ3n) is 6.29. The molecule has 2 heterocycles. The Morgan fingerprint density at radius 1 is 1.12 bits per heavy atom. The second-order valence-corrected chi connectivity index (χ2v) is 8.37. The van der Waals surface area contributed by atoms with Crippen molar-refractivity contribution in [1.29, 1.82) is 0 Å². The number of hydrogen-bond acceptors (Lipinski definition) is 4. The number of nitrogens with one attached hydrogen (secondary N) is 2. The summed E-state index contributed by atoms with van der Waals surface area (Å²) in [5.74, 6) is -3.07. The number of nitrogens with zero attached hydrogens (tertiary/aromatic N) is 1. The molecule has 4 rings (SSSR count). The molecule has 1 saturated heterocycles. The van der Waals surface area contributed by atoms with Crippen LogP contribution in [0.3, 0.4) is 0 Å². The van der Waals surface area contributed by atoms with E-state index in [0.717, 1.165) is 12.1 Å². The summed E-state index contributed by atoms with van der Waals surface area (Å²) in [6.07, 6.45) is -11.9. The van der Waals surface area contributed by atoms with E-state index < -0.39 is 66.3 Å². The van der Waals surface area contributed by atoms with Crippen LogP contribution in [0.4, 0.5) is 26.3 Å². The number of carbonyl (C=O) groups is 4. The van der Waals surface area contributed by atoms with Crippen molar-refractivity contribution in [2.75, 3.05) is 0 Å². The molecule has 0 aromatic heterocycles. The van der Waals surface area contributed by atoms with E-state index in [-0.39, 0.29) is 36.1 Å². The Labute approximate surface area is 182 Å². The molecule has 2 atom stereocenters. The molecule has 178 valence electrons. The second kappa shape index (κ2) is 7.45. The minimum Gasteiger partial charge on any atom is -0.340 e. The molecule has 2 fully saturated rings. The number of hydrogen-bond donors (Lipinski definition) is 2. The minimum atomic E-state index is -5.32. The lowest BCUT2D eigenvalue weighted by Gasteiger charge is -2.31. The van der Waals surface area contributed by atoms with E-state index in [9.17, 15) is 45.5 Å². The molecule has 0 radical (unpaired) electrons. The van der Waals surface area contributed by atoms with Crippen LogP contribution in [0.15, 0.2) is 18.2 Å². The highest BCUT2D eigenvalue weighted by Crippen LogP contribution is 2.62. The van der Waals surface area contributed by atoms with E-state index in [2.05, 4.69) is 5.32 Å². The van der Waals surface area contributed by atoms with Crippen molar-refractivity contribution in [1.82, 2.24) is 15.5 Å². The molecule has 1 aromatic rings. The first-order valence-corrected chi connectivity index (χ1v) is 9.96. The highest BCUT2D eigenvalue weighted by atomic mass is 19.4. The van der Waals surface area contributed by atoms with Gasteiger partial charge in [-0.1, -0.05) is 0 Å². The normalized spacial score (nSPS) is 23.2. The predicted octanol–water partition coefficient (Wildman–Crippen LogP) is 2.45. The largest absolute Gasteiger partial charge is 0.409 e. The van der Waals surface area contributed by atoms with Gasteiger partial charge in [0.2, 0.25) is 11.8 Å². The van der Waals surface area contributed by atoms with Crippen LogP contribution in [0, 0.1) is 5.41 Å². The number of alkyl halides is 6. The summed E-state index contributed by atoms with van der Waals surface area (Å²) in [5, 5.41) is 3.60. The molecule has 0 spiro atoms. The Hall–Kier alpha value is -3.12. The molecule has 1 saturated carbocycles. The van der Waals surface area contributed by atoms with Gasteiger partial charge in [-0.05, 0) is 43.0 Å².